The highest BCUT2D eigenvalue weighted by Gasteiger charge is 2.38. The van der Waals surface area contributed by atoms with Crippen LogP contribution in [0.15, 0.2) is 46.9 Å². The molecule has 0 aliphatic rings. The van der Waals surface area contributed by atoms with E-state index in [1.807, 2.05) is 0 Å². The van der Waals surface area contributed by atoms with Crippen molar-refractivity contribution in [3.63, 3.8) is 0 Å². The lowest BCUT2D eigenvalue weighted by Gasteiger charge is -2.10. The largest absolute Gasteiger partial charge is 0.471 e. The normalized spacial score (nSPS) is 11.2. The summed E-state index contributed by atoms with van der Waals surface area (Å²) in [5, 5.41) is 2.35. The van der Waals surface area contributed by atoms with Crippen LogP contribution in [0.4, 0.5) is 13.2 Å². The predicted molar refractivity (Wildman–Crippen MR) is 83.6 cm³/mol. The van der Waals surface area contributed by atoms with E-state index in [1.165, 1.54) is 0 Å². The van der Waals surface area contributed by atoms with E-state index < -0.39 is 12.1 Å². The molecule has 0 saturated carbocycles. The van der Waals surface area contributed by atoms with Gasteiger partial charge in [-0.1, -0.05) is 23.7 Å². The molecule has 0 radical (unpaired) electrons. The van der Waals surface area contributed by atoms with Gasteiger partial charge in [0.25, 0.3) is 0 Å². The van der Waals surface area contributed by atoms with Crippen molar-refractivity contribution in [2.75, 3.05) is 0 Å². The molecule has 0 bridgehead atoms. The third-order valence-electron chi connectivity index (χ3n) is 2.76. The molecule has 122 valence electrons. The van der Waals surface area contributed by atoms with Crippen molar-refractivity contribution in [1.82, 2.24) is 5.32 Å². The summed E-state index contributed by atoms with van der Waals surface area (Å²) in [4.78, 5) is 10.7. The van der Waals surface area contributed by atoms with Gasteiger partial charge in [-0.3, -0.25) is 4.79 Å². The van der Waals surface area contributed by atoms with Crippen molar-refractivity contribution in [2.45, 2.75) is 12.7 Å². The van der Waals surface area contributed by atoms with Gasteiger partial charge in [0.1, 0.15) is 11.5 Å². The van der Waals surface area contributed by atoms with Gasteiger partial charge < -0.3 is 10.1 Å². The molecule has 0 aliphatic carbocycles. The summed E-state index contributed by atoms with van der Waals surface area (Å²) in [7, 11) is 0. The lowest BCUT2D eigenvalue weighted by Crippen LogP contribution is -2.36. The molecule has 0 aliphatic heterocycles. The topological polar surface area (TPSA) is 38.3 Å². The highest BCUT2D eigenvalue weighted by molar-refractivity contribution is 9.10. The van der Waals surface area contributed by atoms with E-state index in [-0.39, 0.29) is 6.54 Å². The molecule has 8 heteroatoms. The molecule has 1 amide bonds. The lowest BCUT2D eigenvalue weighted by atomic mass is 10.2. The Balaban J connectivity index is 1.98. The first kappa shape index (κ1) is 17.6. The SMILES string of the molecule is O=C(NCc1ccc(Oc2ccc(Cl)cc2Br)cc1)C(F)(F)F. The summed E-state index contributed by atoms with van der Waals surface area (Å²) in [5.74, 6) is -0.922. The van der Waals surface area contributed by atoms with Crippen LogP contribution in [0.5, 0.6) is 11.5 Å². The van der Waals surface area contributed by atoms with E-state index in [0.29, 0.717) is 26.6 Å². The molecule has 2 rings (SSSR count). The van der Waals surface area contributed by atoms with Gasteiger partial charge in [0, 0.05) is 11.6 Å². The average Bonchev–Trinajstić information content (AvgIpc) is 2.48. The molecule has 0 saturated heterocycles. The molecule has 23 heavy (non-hydrogen) atoms. The van der Waals surface area contributed by atoms with Gasteiger partial charge in [-0.05, 0) is 51.8 Å². The zero-order chi connectivity index (χ0) is 17.0. The molecule has 1 N–H and O–H groups in total. The van der Waals surface area contributed by atoms with Crippen LogP contribution in [0.1, 0.15) is 5.56 Å². The molecule has 0 atom stereocenters. The number of benzene rings is 2. The Morgan fingerprint density at radius 1 is 1.17 bits per heavy atom. The average molecular weight is 409 g/mol. The summed E-state index contributed by atoms with van der Waals surface area (Å²) in [6.07, 6.45) is -4.89. The summed E-state index contributed by atoms with van der Waals surface area (Å²) in [6, 6.07) is 11.3. The lowest BCUT2D eigenvalue weighted by molar-refractivity contribution is -0.173. The second kappa shape index (κ2) is 7.23. The fourth-order valence-electron chi connectivity index (χ4n) is 1.64. The van der Waals surface area contributed by atoms with E-state index in [0.717, 1.165) is 0 Å². The third-order valence-corrected chi connectivity index (χ3v) is 3.61. The Bertz CT molecular complexity index is 705. The van der Waals surface area contributed by atoms with Gasteiger partial charge in [0.15, 0.2) is 0 Å². The zero-order valence-corrected chi connectivity index (χ0v) is 13.8. The summed E-state index contributed by atoms with van der Waals surface area (Å²) in [6.45, 7) is -0.219. The first-order chi connectivity index (χ1) is 10.8. The monoisotopic (exact) mass is 407 g/mol. The molecule has 0 unspecified atom stereocenters. The molecule has 0 aromatic heterocycles. The van der Waals surface area contributed by atoms with E-state index in [1.54, 1.807) is 47.8 Å². The molecular formula is C15H10BrClF3NO2. The fraction of sp³-hybridized carbons (Fsp3) is 0.133. The number of alkyl halides is 3. The summed E-state index contributed by atoms with van der Waals surface area (Å²) >= 11 is 9.15. The van der Waals surface area contributed by atoms with Crippen molar-refractivity contribution >= 4 is 33.4 Å². The Kier molecular flexibility index (Phi) is 5.54. The number of carbonyl (C=O) groups is 1. The number of rotatable bonds is 4. The maximum atomic E-state index is 12.1. The first-order valence-corrected chi connectivity index (χ1v) is 7.49. The quantitative estimate of drug-likeness (QED) is 0.767. The van der Waals surface area contributed by atoms with Crippen molar-refractivity contribution < 1.29 is 22.7 Å². The second-order valence-corrected chi connectivity index (χ2v) is 5.79. The number of ether oxygens (including phenoxy) is 1. The van der Waals surface area contributed by atoms with Crippen molar-refractivity contribution in [1.29, 1.82) is 0 Å². The Morgan fingerprint density at radius 2 is 1.83 bits per heavy atom. The number of amides is 1. The zero-order valence-electron chi connectivity index (χ0n) is 11.5. The number of hydrogen-bond donors (Lipinski definition) is 1. The second-order valence-electron chi connectivity index (χ2n) is 4.50. The molecule has 0 spiro atoms. The molecule has 2 aromatic rings. The van der Waals surface area contributed by atoms with E-state index in [4.69, 9.17) is 16.3 Å². The highest BCUT2D eigenvalue weighted by atomic mass is 79.9. The molecule has 0 heterocycles. The number of hydrogen-bond acceptors (Lipinski definition) is 2. The van der Waals surface area contributed by atoms with Gasteiger partial charge >= 0.3 is 12.1 Å². The van der Waals surface area contributed by atoms with Crippen LogP contribution in [0, 0.1) is 0 Å². The Morgan fingerprint density at radius 3 is 2.39 bits per heavy atom. The van der Waals surface area contributed by atoms with E-state index in [2.05, 4.69) is 15.9 Å². The number of carbonyl (C=O) groups excluding carboxylic acids is 1. The van der Waals surface area contributed by atoms with Gasteiger partial charge in [0.05, 0.1) is 4.47 Å². The van der Waals surface area contributed by atoms with Crippen molar-refractivity contribution in [3.8, 4) is 11.5 Å². The van der Waals surface area contributed by atoms with Crippen LogP contribution in [0.25, 0.3) is 0 Å². The van der Waals surface area contributed by atoms with Crippen LogP contribution >= 0.6 is 27.5 Å². The summed E-state index contributed by atoms with van der Waals surface area (Å²) < 4.78 is 42.5. The van der Waals surface area contributed by atoms with Gasteiger partial charge in [-0.2, -0.15) is 13.2 Å². The van der Waals surface area contributed by atoms with Gasteiger partial charge in [-0.15, -0.1) is 0 Å². The highest BCUT2D eigenvalue weighted by Crippen LogP contribution is 2.31. The predicted octanol–water partition coefficient (Wildman–Crippen LogP) is 5.07. The fourth-order valence-corrected chi connectivity index (χ4v) is 2.41. The minimum atomic E-state index is -4.89. The van der Waals surface area contributed by atoms with Crippen molar-refractivity contribution in [3.05, 3.63) is 57.5 Å². The van der Waals surface area contributed by atoms with Crippen LogP contribution in [-0.4, -0.2) is 12.1 Å². The van der Waals surface area contributed by atoms with Gasteiger partial charge in [-0.25, -0.2) is 0 Å². The smallest absolute Gasteiger partial charge is 0.456 e. The molecule has 2 aromatic carbocycles. The maximum Gasteiger partial charge on any atom is 0.471 e. The van der Waals surface area contributed by atoms with Crippen LogP contribution < -0.4 is 10.1 Å². The van der Waals surface area contributed by atoms with Gasteiger partial charge in [0.2, 0.25) is 0 Å². The minimum absolute atomic E-state index is 0.219. The minimum Gasteiger partial charge on any atom is -0.456 e. The van der Waals surface area contributed by atoms with E-state index in [9.17, 15) is 18.0 Å². The summed E-state index contributed by atoms with van der Waals surface area (Å²) in [5.41, 5.74) is 0.519. The number of nitrogens with one attached hydrogen (secondary N) is 1. The Labute approximate surface area is 143 Å². The van der Waals surface area contributed by atoms with Crippen LogP contribution in [0.3, 0.4) is 0 Å². The van der Waals surface area contributed by atoms with Crippen LogP contribution in [-0.2, 0) is 11.3 Å². The third kappa shape index (κ3) is 5.14. The maximum absolute atomic E-state index is 12.1. The number of halogens is 5. The molecule has 0 fully saturated rings. The van der Waals surface area contributed by atoms with Crippen LogP contribution in [0.2, 0.25) is 5.02 Å². The standard InChI is InChI=1S/C15H10BrClF3NO2/c16-12-7-10(17)3-6-13(12)23-11-4-1-9(2-5-11)8-21-14(22)15(18,19)20/h1-7H,8H2,(H,21,22). The van der Waals surface area contributed by atoms with Crippen molar-refractivity contribution in [2.24, 2.45) is 0 Å². The molecular weight excluding hydrogens is 399 g/mol. The van der Waals surface area contributed by atoms with E-state index >= 15 is 0 Å². The first-order valence-electron chi connectivity index (χ1n) is 6.32. The Hall–Kier alpha value is -1.73. The molecule has 3 nitrogen and oxygen atoms in total.